The van der Waals surface area contributed by atoms with Crippen LogP contribution in [0.3, 0.4) is 0 Å². The van der Waals surface area contributed by atoms with Crippen molar-refractivity contribution in [2.75, 3.05) is 0 Å². The molecule has 1 heterocycles. The van der Waals surface area contributed by atoms with Gasteiger partial charge >= 0.3 is 0 Å². The monoisotopic (exact) mass is 234 g/mol. The molecular weight excluding hydrogens is 212 g/mol. The van der Waals surface area contributed by atoms with Crippen LogP contribution < -0.4 is 11.3 Å². The van der Waals surface area contributed by atoms with Gasteiger partial charge in [0.1, 0.15) is 0 Å². The van der Waals surface area contributed by atoms with Crippen LogP contribution in [0.25, 0.3) is 0 Å². The molecule has 0 spiro atoms. The van der Waals surface area contributed by atoms with E-state index in [2.05, 4.69) is 16.6 Å². The molecule has 0 amide bonds. The van der Waals surface area contributed by atoms with Crippen molar-refractivity contribution >= 4 is 0 Å². The lowest BCUT2D eigenvalue weighted by atomic mass is 9.84. The second-order valence-corrected chi connectivity index (χ2v) is 5.85. The molecule has 3 rings (SSSR count). The van der Waals surface area contributed by atoms with Gasteiger partial charge in [-0.15, -0.1) is 0 Å². The lowest BCUT2D eigenvalue weighted by molar-refractivity contribution is 0.278. The van der Waals surface area contributed by atoms with Crippen molar-refractivity contribution in [2.45, 2.75) is 38.1 Å². The number of aromatic nitrogens is 2. The van der Waals surface area contributed by atoms with Gasteiger partial charge in [-0.05, 0) is 43.4 Å². The van der Waals surface area contributed by atoms with E-state index in [4.69, 9.17) is 5.84 Å². The van der Waals surface area contributed by atoms with Gasteiger partial charge in [-0.3, -0.25) is 11.3 Å². The summed E-state index contributed by atoms with van der Waals surface area (Å²) < 4.78 is 1.99. The first-order valence-corrected chi connectivity index (χ1v) is 6.70. The molecule has 2 saturated carbocycles. The molecule has 4 nitrogen and oxygen atoms in total. The number of nitrogens with zero attached hydrogens (tertiary/aromatic N) is 2. The Bertz CT molecular complexity index is 387. The van der Waals surface area contributed by atoms with E-state index in [9.17, 15) is 0 Å². The van der Waals surface area contributed by atoms with Gasteiger partial charge in [0.05, 0.1) is 18.1 Å². The third-order valence-electron chi connectivity index (χ3n) is 4.71. The van der Waals surface area contributed by atoms with Crippen molar-refractivity contribution in [3.63, 3.8) is 0 Å². The normalized spacial score (nSPS) is 33.2. The lowest BCUT2D eigenvalue weighted by Gasteiger charge is -2.25. The minimum atomic E-state index is 0.223. The van der Waals surface area contributed by atoms with Crippen LogP contribution in [0.5, 0.6) is 0 Å². The number of hydrogen-bond acceptors (Lipinski definition) is 3. The molecule has 2 aliphatic rings. The zero-order valence-corrected chi connectivity index (χ0v) is 10.5. The molecule has 1 aromatic rings. The van der Waals surface area contributed by atoms with Crippen LogP contribution in [0.1, 0.15) is 43.8 Å². The zero-order chi connectivity index (χ0) is 11.8. The van der Waals surface area contributed by atoms with Gasteiger partial charge in [0.2, 0.25) is 0 Å². The molecule has 0 aromatic carbocycles. The molecule has 0 saturated heterocycles. The Balaban J connectivity index is 1.66. The highest BCUT2D eigenvalue weighted by atomic mass is 15.2. The largest absolute Gasteiger partial charge is 0.340 e. The summed E-state index contributed by atoms with van der Waals surface area (Å²) in [6.07, 6.45) is 10.8. The highest BCUT2D eigenvalue weighted by molar-refractivity contribution is 5.05. The van der Waals surface area contributed by atoms with E-state index in [0.717, 1.165) is 29.9 Å². The van der Waals surface area contributed by atoms with Crippen LogP contribution in [0.4, 0.5) is 0 Å². The molecule has 3 N–H and O–H groups in total. The first-order valence-electron chi connectivity index (χ1n) is 6.70. The van der Waals surface area contributed by atoms with E-state index >= 15 is 0 Å². The smallest absolute Gasteiger partial charge is 0.0947 e. The van der Waals surface area contributed by atoms with Crippen LogP contribution in [0, 0.1) is 17.8 Å². The Kier molecular flexibility index (Phi) is 2.92. The van der Waals surface area contributed by atoms with E-state index < -0.39 is 0 Å². The summed E-state index contributed by atoms with van der Waals surface area (Å²) in [5.41, 5.74) is 4.02. The fraction of sp³-hybridized carbons (Fsp3) is 0.769. The number of aryl methyl sites for hydroxylation is 1. The highest BCUT2D eigenvalue weighted by Gasteiger charge is 2.40. The molecule has 2 aliphatic carbocycles. The van der Waals surface area contributed by atoms with Crippen LogP contribution in [-0.2, 0) is 7.05 Å². The summed E-state index contributed by atoms with van der Waals surface area (Å²) >= 11 is 0. The molecule has 1 aromatic heterocycles. The molecule has 4 unspecified atom stereocenters. The predicted molar refractivity (Wildman–Crippen MR) is 66.8 cm³/mol. The molecule has 94 valence electrons. The van der Waals surface area contributed by atoms with Crippen LogP contribution in [0.2, 0.25) is 0 Å². The fourth-order valence-corrected chi connectivity index (χ4v) is 3.86. The van der Waals surface area contributed by atoms with Crippen LogP contribution in [-0.4, -0.2) is 9.55 Å². The van der Waals surface area contributed by atoms with Gasteiger partial charge in [-0.2, -0.15) is 0 Å². The predicted octanol–water partition coefficient (Wildman–Crippen LogP) is 1.75. The quantitative estimate of drug-likeness (QED) is 0.616. The Labute approximate surface area is 103 Å². The van der Waals surface area contributed by atoms with Crippen LogP contribution in [0.15, 0.2) is 12.5 Å². The number of fused-ring (bicyclic) bond motifs is 2. The molecule has 4 atom stereocenters. The Morgan fingerprint density at radius 2 is 2.41 bits per heavy atom. The van der Waals surface area contributed by atoms with Crippen molar-refractivity contribution in [3.05, 3.63) is 18.2 Å². The first-order chi connectivity index (χ1) is 8.26. The molecular formula is C13H22N4. The average molecular weight is 234 g/mol. The maximum atomic E-state index is 5.69. The number of rotatable bonds is 4. The number of hydrogen-bond donors (Lipinski definition) is 2. The molecule has 2 fully saturated rings. The topological polar surface area (TPSA) is 55.9 Å². The summed E-state index contributed by atoms with van der Waals surface area (Å²) in [5.74, 6) is 8.51. The van der Waals surface area contributed by atoms with E-state index in [-0.39, 0.29) is 6.04 Å². The summed E-state index contributed by atoms with van der Waals surface area (Å²) in [4.78, 5) is 4.41. The average Bonchev–Trinajstić information content (AvgIpc) is 3.01. The van der Waals surface area contributed by atoms with Crippen LogP contribution >= 0.6 is 0 Å². The summed E-state index contributed by atoms with van der Waals surface area (Å²) in [6, 6.07) is 0.223. The van der Waals surface area contributed by atoms with Crippen molar-refractivity contribution in [3.8, 4) is 0 Å². The number of imidazole rings is 1. The standard InChI is InChI=1S/C13H22N4/c1-17-7-13(15-8-17)12(16-14)6-11-5-9-2-3-10(11)4-9/h7-12,16H,2-6,14H2,1H3. The van der Waals surface area contributed by atoms with E-state index in [1.165, 1.54) is 25.7 Å². The van der Waals surface area contributed by atoms with Gasteiger partial charge in [-0.25, -0.2) is 4.98 Å². The van der Waals surface area contributed by atoms with Crippen molar-refractivity contribution in [1.29, 1.82) is 0 Å². The van der Waals surface area contributed by atoms with Crippen molar-refractivity contribution < 1.29 is 0 Å². The second-order valence-electron chi connectivity index (χ2n) is 5.85. The maximum absolute atomic E-state index is 5.69. The van der Waals surface area contributed by atoms with Gasteiger partial charge in [0, 0.05) is 13.2 Å². The summed E-state index contributed by atoms with van der Waals surface area (Å²) in [6.45, 7) is 0. The molecule has 0 radical (unpaired) electrons. The van der Waals surface area contributed by atoms with Crippen molar-refractivity contribution in [2.24, 2.45) is 30.6 Å². The van der Waals surface area contributed by atoms with Gasteiger partial charge in [0.25, 0.3) is 0 Å². The molecule has 2 bridgehead atoms. The third kappa shape index (κ3) is 2.11. The third-order valence-corrected chi connectivity index (χ3v) is 4.71. The minimum absolute atomic E-state index is 0.223. The minimum Gasteiger partial charge on any atom is -0.340 e. The molecule has 4 heteroatoms. The summed E-state index contributed by atoms with van der Waals surface area (Å²) in [5, 5.41) is 0. The lowest BCUT2D eigenvalue weighted by Crippen LogP contribution is -2.31. The summed E-state index contributed by atoms with van der Waals surface area (Å²) in [7, 11) is 2.00. The maximum Gasteiger partial charge on any atom is 0.0947 e. The van der Waals surface area contributed by atoms with Crippen molar-refractivity contribution in [1.82, 2.24) is 15.0 Å². The zero-order valence-electron chi connectivity index (χ0n) is 10.5. The fourth-order valence-electron chi connectivity index (χ4n) is 3.86. The Hall–Kier alpha value is -0.870. The SMILES string of the molecule is Cn1cnc(C(CC2CC3CCC2C3)NN)c1. The first kappa shape index (κ1) is 11.2. The van der Waals surface area contributed by atoms with Gasteiger partial charge in [-0.1, -0.05) is 6.42 Å². The molecule has 0 aliphatic heterocycles. The second kappa shape index (κ2) is 4.42. The number of nitrogens with two attached hydrogens (primary N) is 1. The number of hydrazine groups is 1. The number of nitrogens with one attached hydrogen (secondary N) is 1. The molecule has 17 heavy (non-hydrogen) atoms. The van der Waals surface area contributed by atoms with E-state index in [1.54, 1.807) is 0 Å². The van der Waals surface area contributed by atoms with Gasteiger partial charge < -0.3 is 4.57 Å². The Morgan fingerprint density at radius 1 is 1.53 bits per heavy atom. The Morgan fingerprint density at radius 3 is 2.94 bits per heavy atom. The van der Waals surface area contributed by atoms with E-state index in [0.29, 0.717) is 0 Å². The highest BCUT2D eigenvalue weighted by Crippen LogP contribution is 2.50. The van der Waals surface area contributed by atoms with Gasteiger partial charge in [0.15, 0.2) is 0 Å². The van der Waals surface area contributed by atoms with E-state index in [1.807, 2.05) is 17.9 Å².